The number of carbonyl (C=O) groups excluding carboxylic acids is 1. The Hall–Kier alpha value is -2.04. The number of sulfone groups is 1. The maximum absolute atomic E-state index is 13.1. The highest BCUT2D eigenvalue weighted by atomic mass is 32.2. The summed E-state index contributed by atoms with van der Waals surface area (Å²) in [5.74, 6) is -0.360. The van der Waals surface area contributed by atoms with Crippen molar-refractivity contribution in [2.75, 3.05) is 36.5 Å². The molecule has 0 bridgehead atoms. The van der Waals surface area contributed by atoms with Crippen molar-refractivity contribution >= 4 is 47.5 Å². The number of ether oxygens (including phenoxy) is 2. The minimum atomic E-state index is -3.14. The fourth-order valence-corrected chi connectivity index (χ4v) is 7.77. The summed E-state index contributed by atoms with van der Waals surface area (Å²) < 4.78 is 52.4. The van der Waals surface area contributed by atoms with E-state index in [1.54, 1.807) is 17.9 Å². The average Bonchev–Trinajstić information content (AvgIpc) is 3.17. The molecule has 1 aromatic rings. The zero-order chi connectivity index (χ0) is 31.2. The normalized spacial score (nSPS) is 24.6. The number of amides is 1. The van der Waals surface area contributed by atoms with Gasteiger partial charge in [0.1, 0.15) is 11.9 Å². The average molecular weight is 649 g/mol. The fourth-order valence-electron chi connectivity index (χ4n) is 4.59. The SMILES string of the molecule is C=CCNOP(O[C@@H]1C(OC(=S)N2CCS(=O)(=O)CC2)[C@H](n2ccc(NC(C)=O)nc2=O)O[C@@H]1C)N(C(C)C)C(C)C. The van der Waals surface area contributed by atoms with Gasteiger partial charge < -0.3 is 24.2 Å². The second-order valence-electron chi connectivity index (χ2n) is 10.5. The lowest BCUT2D eigenvalue weighted by atomic mass is 10.1. The van der Waals surface area contributed by atoms with E-state index in [1.807, 2.05) is 27.7 Å². The van der Waals surface area contributed by atoms with Gasteiger partial charge in [-0.2, -0.15) is 10.5 Å². The Labute approximate surface area is 253 Å². The van der Waals surface area contributed by atoms with Gasteiger partial charge in [0, 0.05) is 44.8 Å². The van der Waals surface area contributed by atoms with E-state index in [2.05, 4.69) is 27.0 Å². The van der Waals surface area contributed by atoms with E-state index in [9.17, 15) is 18.0 Å². The highest BCUT2D eigenvalue weighted by Crippen LogP contribution is 2.49. The molecule has 42 heavy (non-hydrogen) atoms. The number of nitrogens with one attached hydrogen (secondary N) is 2. The molecule has 2 aliphatic heterocycles. The molecule has 0 radical (unpaired) electrons. The summed E-state index contributed by atoms with van der Waals surface area (Å²) in [5, 5.41) is 2.56. The molecule has 1 aromatic heterocycles. The Balaban J connectivity index is 1.96. The minimum Gasteiger partial charge on any atom is -0.460 e. The van der Waals surface area contributed by atoms with Crippen molar-refractivity contribution in [2.45, 2.75) is 78.2 Å². The Morgan fingerprint density at radius 1 is 1.29 bits per heavy atom. The predicted molar refractivity (Wildman–Crippen MR) is 163 cm³/mol. The van der Waals surface area contributed by atoms with Crippen LogP contribution >= 0.6 is 20.7 Å². The number of hydrogen-bond donors (Lipinski definition) is 2. The summed E-state index contributed by atoms with van der Waals surface area (Å²) in [6.45, 7) is 15.7. The van der Waals surface area contributed by atoms with Crippen LogP contribution in [0.3, 0.4) is 0 Å². The smallest absolute Gasteiger partial charge is 0.351 e. The van der Waals surface area contributed by atoms with Crippen molar-refractivity contribution in [3.63, 3.8) is 0 Å². The zero-order valence-corrected chi connectivity index (χ0v) is 27.3. The Morgan fingerprint density at radius 2 is 1.93 bits per heavy atom. The second-order valence-corrected chi connectivity index (χ2v) is 14.5. The maximum Gasteiger partial charge on any atom is 0.351 e. The number of hydrogen-bond acceptors (Lipinski definition) is 12. The third kappa shape index (κ3) is 8.99. The molecule has 3 heterocycles. The molecule has 0 saturated carbocycles. The van der Waals surface area contributed by atoms with Gasteiger partial charge >= 0.3 is 5.69 Å². The summed E-state index contributed by atoms with van der Waals surface area (Å²) in [5.41, 5.74) is 2.19. The third-order valence-corrected chi connectivity index (χ3v) is 10.5. The van der Waals surface area contributed by atoms with Gasteiger partial charge in [-0.15, -0.1) is 6.58 Å². The van der Waals surface area contributed by atoms with Crippen LogP contribution in [0.4, 0.5) is 5.82 Å². The van der Waals surface area contributed by atoms with Crippen LogP contribution in [0.2, 0.25) is 0 Å². The topological polar surface area (TPSA) is 154 Å². The zero-order valence-electron chi connectivity index (χ0n) is 24.8. The number of anilines is 1. The van der Waals surface area contributed by atoms with Gasteiger partial charge in [0.05, 0.1) is 17.6 Å². The lowest BCUT2D eigenvalue weighted by molar-refractivity contribution is -0.114. The molecule has 0 aliphatic carbocycles. The van der Waals surface area contributed by atoms with Crippen LogP contribution in [0.1, 0.15) is 47.8 Å². The first-order valence-corrected chi connectivity index (χ1v) is 17.0. The summed E-state index contributed by atoms with van der Waals surface area (Å²) in [6.07, 6.45) is -0.181. The highest BCUT2D eigenvalue weighted by molar-refractivity contribution is 7.91. The van der Waals surface area contributed by atoms with Gasteiger partial charge in [0.25, 0.3) is 13.7 Å². The molecule has 1 amide bonds. The Bertz CT molecular complexity index is 1260. The minimum absolute atomic E-state index is 0.0444. The van der Waals surface area contributed by atoms with Crippen LogP contribution in [-0.2, 0) is 33.3 Å². The van der Waals surface area contributed by atoms with Crippen LogP contribution in [0.15, 0.2) is 29.7 Å². The van der Waals surface area contributed by atoms with Crippen molar-refractivity contribution in [3.05, 3.63) is 35.4 Å². The van der Waals surface area contributed by atoms with Crippen LogP contribution in [0.5, 0.6) is 0 Å². The fraction of sp³-hybridized carbons (Fsp3) is 0.680. The summed E-state index contributed by atoms with van der Waals surface area (Å²) in [4.78, 5) is 30.2. The lowest BCUT2D eigenvalue weighted by Gasteiger charge is -2.38. The summed E-state index contributed by atoms with van der Waals surface area (Å²) in [6, 6.07) is 1.59. The number of thiocarbonyl (C=S) groups is 1. The summed E-state index contributed by atoms with van der Waals surface area (Å²) >= 11 is 5.60. The maximum atomic E-state index is 13.1. The Kier molecular flexibility index (Phi) is 12.4. The molecule has 17 heteroatoms. The van der Waals surface area contributed by atoms with Crippen LogP contribution in [0.25, 0.3) is 0 Å². The van der Waals surface area contributed by atoms with Gasteiger partial charge in [-0.3, -0.25) is 9.36 Å². The predicted octanol–water partition coefficient (Wildman–Crippen LogP) is 1.96. The van der Waals surface area contributed by atoms with Gasteiger partial charge in [-0.1, -0.05) is 6.08 Å². The van der Waals surface area contributed by atoms with Gasteiger partial charge in [0.2, 0.25) is 5.91 Å². The van der Waals surface area contributed by atoms with Crippen LogP contribution in [-0.4, -0.2) is 100 Å². The number of hydroxylamine groups is 1. The van der Waals surface area contributed by atoms with E-state index in [0.29, 0.717) is 6.54 Å². The number of carbonyl (C=O) groups is 1. The van der Waals surface area contributed by atoms with E-state index < -0.39 is 48.6 Å². The molecule has 2 N–H and O–H groups in total. The van der Waals surface area contributed by atoms with Crippen molar-refractivity contribution in [1.82, 2.24) is 24.6 Å². The van der Waals surface area contributed by atoms with E-state index >= 15 is 0 Å². The molecule has 0 spiro atoms. The largest absolute Gasteiger partial charge is 0.460 e. The third-order valence-electron chi connectivity index (χ3n) is 6.50. The molecule has 2 saturated heterocycles. The number of aromatic nitrogens is 2. The number of rotatable bonds is 12. The van der Waals surface area contributed by atoms with E-state index in [1.165, 1.54) is 23.8 Å². The first kappa shape index (κ1) is 34.5. The van der Waals surface area contributed by atoms with Crippen molar-refractivity contribution in [1.29, 1.82) is 0 Å². The Morgan fingerprint density at radius 3 is 2.48 bits per heavy atom. The monoisotopic (exact) mass is 648 g/mol. The molecule has 0 aromatic carbocycles. The van der Waals surface area contributed by atoms with Crippen molar-refractivity contribution in [3.8, 4) is 0 Å². The van der Waals surface area contributed by atoms with Gasteiger partial charge in [0.15, 0.2) is 22.2 Å². The standard InChI is InChI=1S/C25H41N6O8PS2/c1-8-10-26-39-40(31(16(2)3)17(4)5)38-21-18(6)36-23(30-11-9-20(27-19(7)32)28-24(30)33)22(21)37-25(41)29-12-14-42(34,35)15-13-29/h8-9,11,16-18,21-23,26H,1,10,12-15H2,2-7H3,(H,27,28,32,33)/t18-,21+,22?,23-,40?/m1/s1. The molecule has 14 nitrogen and oxygen atoms in total. The number of nitrogens with zero attached hydrogens (tertiary/aromatic N) is 4. The van der Waals surface area contributed by atoms with E-state index in [-0.39, 0.29) is 53.6 Å². The molecule has 5 atom stereocenters. The molecular weight excluding hydrogens is 607 g/mol. The molecule has 2 unspecified atom stereocenters. The molecule has 2 fully saturated rings. The van der Waals surface area contributed by atoms with Crippen LogP contribution in [0, 0.1) is 0 Å². The lowest BCUT2D eigenvalue weighted by Crippen LogP contribution is -2.48. The quantitative estimate of drug-likeness (QED) is 0.112. The highest BCUT2D eigenvalue weighted by Gasteiger charge is 2.50. The van der Waals surface area contributed by atoms with E-state index in [4.69, 9.17) is 30.8 Å². The molecule has 3 rings (SSSR count). The van der Waals surface area contributed by atoms with Gasteiger partial charge in [-0.05, 0) is 52.9 Å². The van der Waals surface area contributed by atoms with E-state index in [0.717, 1.165) is 0 Å². The van der Waals surface area contributed by atoms with Crippen molar-refractivity contribution < 1.29 is 31.8 Å². The first-order valence-electron chi connectivity index (χ1n) is 13.7. The summed E-state index contributed by atoms with van der Waals surface area (Å²) in [7, 11) is -4.86. The molecule has 2 aliphatic rings. The molecule has 236 valence electrons. The van der Waals surface area contributed by atoms with Crippen LogP contribution < -0.4 is 16.5 Å². The second kappa shape index (κ2) is 15.1. The van der Waals surface area contributed by atoms with Gasteiger partial charge in [-0.25, -0.2) is 22.5 Å². The molecular formula is C25H41N6O8PS2. The van der Waals surface area contributed by atoms with Crippen molar-refractivity contribution in [2.24, 2.45) is 0 Å². The first-order chi connectivity index (χ1) is 19.7.